The Balaban J connectivity index is 1.53. The molecule has 0 aromatic carbocycles. The zero-order chi connectivity index (χ0) is 30.9. The minimum atomic E-state index is -4.55. The van der Waals surface area contributed by atoms with Gasteiger partial charge in [-0.15, -0.1) is 0 Å². The topological polar surface area (TPSA) is 101 Å². The second kappa shape index (κ2) is 24.8. The number of amides is 1. The number of nitrogens with zero attached hydrogens (tertiary/aromatic N) is 2. The molecule has 10 heteroatoms. The Kier molecular flexibility index (Phi) is 21.7. The van der Waals surface area contributed by atoms with E-state index in [9.17, 15) is 14.3 Å². The standard InChI is InChI=1S/C33H59N2O7P/c1-2-3-4-5-6-7-8-9-10-11-12-13-14-15-16-22-28-39-30-32(42-33(36)35-25-20-21-26-35)31-41-43(37,38)40-29-27-34-23-18-17-19-24-34/h17-19,23-24,32H,2-16,20-22,25-31H2,1H3. The van der Waals surface area contributed by atoms with Crippen molar-refractivity contribution in [3.8, 4) is 0 Å². The largest absolute Gasteiger partial charge is 0.756 e. The molecule has 1 amide bonds. The monoisotopic (exact) mass is 626 g/mol. The van der Waals surface area contributed by atoms with Crippen LogP contribution in [0, 0.1) is 0 Å². The minimum absolute atomic E-state index is 0.0521. The molecule has 1 aromatic heterocycles. The molecule has 1 saturated heterocycles. The first-order valence-corrected chi connectivity index (χ1v) is 18.5. The Morgan fingerprint density at radius 2 is 1.30 bits per heavy atom. The molecular weight excluding hydrogens is 567 g/mol. The van der Waals surface area contributed by atoms with Crippen LogP contribution in [-0.2, 0) is 29.6 Å². The van der Waals surface area contributed by atoms with Gasteiger partial charge in [-0.05, 0) is 19.3 Å². The number of hydrogen-bond acceptors (Lipinski definition) is 7. The lowest BCUT2D eigenvalue weighted by Gasteiger charge is -2.26. The lowest BCUT2D eigenvalue weighted by molar-refractivity contribution is -0.697. The highest BCUT2D eigenvalue weighted by Gasteiger charge is 2.25. The number of phosphoric ester groups is 1. The van der Waals surface area contributed by atoms with Crippen LogP contribution in [0.1, 0.15) is 122 Å². The molecule has 0 aliphatic carbocycles. The van der Waals surface area contributed by atoms with Gasteiger partial charge in [-0.1, -0.05) is 109 Å². The van der Waals surface area contributed by atoms with E-state index >= 15 is 0 Å². The summed E-state index contributed by atoms with van der Waals surface area (Å²) in [5.74, 6) is 0. The number of unbranched alkanes of at least 4 members (excludes halogenated alkanes) is 15. The predicted octanol–water partition coefficient (Wildman–Crippen LogP) is 7.35. The number of rotatable bonds is 27. The maximum Gasteiger partial charge on any atom is 0.410 e. The average Bonchev–Trinajstić information content (AvgIpc) is 3.55. The summed E-state index contributed by atoms with van der Waals surface area (Å²) < 4.78 is 35.5. The van der Waals surface area contributed by atoms with Gasteiger partial charge >= 0.3 is 6.09 Å². The first-order valence-electron chi connectivity index (χ1n) is 17.1. The van der Waals surface area contributed by atoms with E-state index in [0.717, 1.165) is 25.7 Å². The zero-order valence-corrected chi connectivity index (χ0v) is 27.7. The molecule has 1 fully saturated rings. The predicted molar refractivity (Wildman–Crippen MR) is 168 cm³/mol. The molecule has 0 bridgehead atoms. The Morgan fingerprint density at radius 3 is 1.86 bits per heavy atom. The summed E-state index contributed by atoms with van der Waals surface area (Å²) in [7, 11) is -4.55. The lowest BCUT2D eigenvalue weighted by Crippen LogP contribution is -2.36. The molecule has 0 spiro atoms. The first-order chi connectivity index (χ1) is 21.0. The van der Waals surface area contributed by atoms with Crippen molar-refractivity contribution in [1.29, 1.82) is 0 Å². The van der Waals surface area contributed by atoms with E-state index in [1.165, 1.54) is 89.9 Å². The number of hydrogen-bond donors (Lipinski definition) is 0. The molecule has 2 rings (SSSR count). The highest BCUT2D eigenvalue weighted by atomic mass is 31.2. The van der Waals surface area contributed by atoms with Crippen LogP contribution in [0.2, 0.25) is 0 Å². The molecule has 2 heterocycles. The summed E-state index contributed by atoms with van der Waals surface area (Å²) in [5, 5.41) is 0. The van der Waals surface area contributed by atoms with Crippen molar-refractivity contribution in [2.45, 2.75) is 135 Å². The van der Waals surface area contributed by atoms with Gasteiger partial charge in [-0.3, -0.25) is 4.57 Å². The van der Waals surface area contributed by atoms with Gasteiger partial charge in [0.05, 0.1) is 13.2 Å². The van der Waals surface area contributed by atoms with Gasteiger partial charge in [0, 0.05) is 31.8 Å². The minimum Gasteiger partial charge on any atom is -0.756 e. The van der Waals surface area contributed by atoms with Crippen LogP contribution in [0.15, 0.2) is 30.6 Å². The summed E-state index contributed by atoms with van der Waals surface area (Å²) in [4.78, 5) is 26.4. The fourth-order valence-electron chi connectivity index (χ4n) is 5.25. The summed E-state index contributed by atoms with van der Waals surface area (Å²) in [6.07, 6.45) is 25.2. The Hall–Kier alpha value is -1.51. The summed E-state index contributed by atoms with van der Waals surface area (Å²) in [5.41, 5.74) is 0. The van der Waals surface area contributed by atoms with Crippen molar-refractivity contribution < 1.29 is 37.3 Å². The third kappa shape index (κ3) is 20.2. The molecule has 2 unspecified atom stereocenters. The van der Waals surface area contributed by atoms with Crippen LogP contribution in [0.3, 0.4) is 0 Å². The number of pyridine rings is 1. The fourth-order valence-corrected chi connectivity index (χ4v) is 5.98. The molecule has 0 saturated carbocycles. The Labute approximate surface area is 261 Å². The number of aromatic nitrogens is 1. The second-order valence-corrected chi connectivity index (χ2v) is 13.2. The van der Waals surface area contributed by atoms with E-state index in [4.69, 9.17) is 18.5 Å². The van der Waals surface area contributed by atoms with Crippen molar-refractivity contribution >= 4 is 13.9 Å². The van der Waals surface area contributed by atoms with Crippen molar-refractivity contribution in [2.24, 2.45) is 0 Å². The number of carbonyl (C=O) groups is 1. The van der Waals surface area contributed by atoms with E-state index in [1.807, 2.05) is 35.2 Å². The molecule has 9 nitrogen and oxygen atoms in total. The van der Waals surface area contributed by atoms with Crippen molar-refractivity contribution in [3.05, 3.63) is 30.6 Å². The Morgan fingerprint density at radius 1 is 0.767 bits per heavy atom. The Bertz CT molecular complexity index is 855. The third-order valence-corrected chi connectivity index (χ3v) is 8.84. The molecule has 1 aliphatic rings. The van der Waals surface area contributed by atoms with Crippen LogP contribution < -0.4 is 9.46 Å². The maximum absolute atomic E-state index is 12.5. The fraction of sp³-hybridized carbons (Fsp3) is 0.818. The molecule has 43 heavy (non-hydrogen) atoms. The smallest absolute Gasteiger partial charge is 0.410 e. The van der Waals surface area contributed by atoms with Crippen molar-refractivity contribution in [2.75, 3.05) is 39.5 Å². The number of phosphoric acid groups is 1. The summed E-state index contributed by atoms with van der Waals surface area (Å²) >= 11 is 0. The van der Waals surface area contributed by atoms with Gasteiger partial charge in [-0.25, -0.2) is 9.36 Å². The molecule has 1 aliphatic heterocycles. The van der Waals surface area contributed by atoms with Gasteiger partial charge in [0.1, 0.15) is 6.61 Å². The molecule has 2 atom stereocenters. The van der Waals surface area contributed by atoms with E-state index in [1.54, 1.807) is 4.90 Å². The van der Waals surface area contributed by atoms with Crippen LogP contribution in [0.4, 0.5) is 4.79 Å². The van der Waals surface area contributed by atoms with Crippen LogP contribution >= 0.6 is 7.82 Å². The molecule has 0 radical (unpaired) electrons. The zero-order valence-electron chi connectivity index (χ0n) is 26.8. The van der Waals surface area contributed by atoms with Gasteiger partial charge < -0.3 is 28.3 Å². The van der Waals surface area contributed by atoms with Gasteiger partial charge in [-0.2, -0.15) is 0 Å². The molecule has 248 valence electrons. The van der Waals surface area contributed by atoms with Crippen molar-refractivity contribution in [1.82, 2.24) is 4.90 Å². The first kappa shape index (κ1) is 37.7. The normalized spacial score (nSPS) is 15.4. The quantitative estimate of drug-likeness (QED) is 0.0572. The highest BCUT2D eigenvalue weighted by Crippen LogP contribution is 2.38. The molecular formula is C33H59N2O7P. The van der Waals surface area contributed by atoms with E-state index in [-0.39, 0.29) is 19.8 Å². The van der Waals surface area contributed by atoms with E-state index in [0.29, 0.717) is 26.2 Å². The van der Waals surface area contributed by atoms with Gasteiger partial charge in [0.15, 0.2) is 25.0 Å². The number of carbonyl (C=O) groups excluding carboxylic acids is 1. The van der Waals surface area contributed by atoms with Crippen LogP contribution in [0.5, 0.6) is 0 Å². The van der Waals surface area contributed by atoms with E-state index < -0.39 is 20.0 Å². The molecule has 1 aromatic rings. The highest BCUT2D eigenvalue weighted by molar-refractivity contribution is 7.45. The van der Waals surface area contributed by atoms with Gasteiger partial charge in [0.25, 0.3) is 7.82 Å². The second-order valence-electron chi connectivity index (χ2n) is 11.8. The third-order valence-electron chi connectivity index (χ3n) is 7.87. The molecule has 0 N–H and O–H groups in total. The summed E-state index contributed by atoms with van der Waals surface area (Å²) in [6, 6.07) is 5.59. The van der Waals surface area contributed by atoms with Crippen LogP contribution in [-0.4, -0.2) is 56.6 Å². The van der Waals surface area contributed by atoms with Gasteiger partial charge in [0.2, 0.25) is 0 Å². The van der Waals surface area contributed by atoms with E-state index in [2.05, 4.69) is 6.92 Å². The SMILES string of the molecule is CCCCCCCCCCCCCCCCCCOCC(COP(=O)([O-])OCC[n+]1ccccc1)OC(=O)N1CCCC1. The number of ether oxygens (including phenoxy) is 2. The van der Waals surface area contributed by atoms with Crippen LogP contribution in [0.25, 0.3) is 0 Å². The average molecular weight is 627 g/mol. The lowest BCUT2D eigenvalue weighted by atomic mass is 10.0. The van der Waals surface area contributed by atoms with Crippen molar-refractivity contribution in [3.63, 3.8) is 0 Å². The number of likely N-dealkylation sites (tertiary alicyclic amines) is 1. The summed E-state index contributed by atoms with van der Waals surface area (Å²) in [6.45, 7) is 4.16. The maximum atomic E-state index is 12.5.